The Labute approximate surface area is 160 Å². The van der Waals surface area contributed by atoms with Crippen LogP contribution in [0.3, 0.4) is 0 Å². The van der Waals surface area contributed by atoms with Gasteiger partial charge in [0.25, 0.3) is 0 Å². The molecule has 4 atom stereocenters. The number of morpholine rings is 1. The molecule has 0 bridgehead atoms. The van der Waals surface area contributed by atoms with E-state index in [-0.39, 0.29) is 29.9 Å². The van der Waals surface area contributed by atoms with Gasteiger partial charge in [-0.05, 0) is 30.5 Å². The van der Waals surface area contributed by atoms with Crippen LogP contribution >= 0.6 is 0 Å². The van der Waals surface area contributed by atoms with E-state index in [9.17, 15) is 4.79 Å². The van der Waals surface area contributed by atoms with Crippen molar-refractivity contribution in [1.29, 1.82) is 0 Å². The van der Waals surface area contributed by atoms with Crippen LogP contribution in [0.2, 0.25) is 0 Å². The fraction of sp³-hybridized carbons (Fsp3) is 0.524. The molecule has 2 aliphatic heterocycles. The number of nitrogens with zero attached hydrogens (tertiary/aromatic N) is 3. The monoisotopic (exact) mass is 368 g/mol. The summed E-state index contributed by atoms with van der Waals surface area (Å²) in [6.07, 6.45) is 3.85. The Bertz CT molecular complexity index is 818. The van der Waals surface area contributed by atoms with Crippen molar-refractivity contribution in [3.8, 4) is 0 Å². The highest BCUT2D eigenvalue weighted by molar-refractivity contribution is 5.81. The molecule has 2 saturated heterocycles. The van der Waals surface area contributed by atoms with Crippen molar-refractivity contribution in [1.82, 2.24) is 20.0 Å². The van der Waals surface area contributed by atoms with Crippen LogP contribution in [0.15, 0.2) is 36.7 Å². The van der Waals surface area contributed by atoms with Crippen molar-refractivity contribution in [2.24, 2.45) is 13.0 Å². The summed E-state index contributed by atoms with van der Waals surface area (Å²) in [5.41, 5.74) is 3.52. The fourth-order valence-corrected chi connectivity index (χ4v) is 4.33. The van der Waals surface area contributed by atoms with Crippen molar-refractivity contribution < 1.29 is 9.53 Å². The molecule has 0 radical (unpaired) electrons. The molecule has 1 N–H and O–H groups in total. The van der Waals surface area contributed by atoms with E-state index >= 15 is 0 Å². The maximum Gasteiger partial charge on any atom is 0.228 e. The number of benzene rings is 1. The molecule has 6 heteroatoms. The summed E-state index contributed by atoms with van der Waals surface area (Å²) in [6, 6.07) is 8.37. The number of carbonyl (C=O) groups excluding carboxylic acids is 1. The zero-order valence-electron chi connectivity index (χ0n) is 16.3. The number of aromatic nitrogens is 2. The van der Waals surface area contributed by atoms with E-state index < -0.39 is 0 Å². The molecule has 2 unspecified atom stereocenters. The van der Waals surface area contributed by atoms with E-state index in [2.05, 4.69) is 36.4 Å². The molecule has 0 saturated carbocycles. The summed E-state index contributed by atoms with van der Waals surface area (Å²) in [4.78, 5) is 15.5. The Kier molecular flexibility index (Phi) is 5.02. The van der Waals surface area contributed by atoms with Gasteiger partial charge in [0.05, 0.1) is 31.3 Å². The van der Waals surface area contributed by atoms with Crippen molar-refractivity contribution in [2.45, 2.75) is 31.9 Å². The third-order valence-corrected chi connectivity index (χ3v) is 5.94. The van der Waals surface area contributed by atoms with Gasteiger partial charge in [0, 0.05) is 32.3 Å². The van der Waals surface area contributed by atoms with Crippen LogP contribution in [0.1, 0.15) is 35.6 Å². The Morgan fingerprint density at radius 2 is 2.11 bits per heavy atom. The molecule has 2 aliphatic rings. The summed E-state index contributed by atoms with van der Waals surface area (Å²) in [6.45, 7) is 6.90. The van der Waals surface area contributed by atoms with E-state index in [1.54, 1.807) is 4.68 Å². The molecule has 0 spiro atoms. The highest BCUT2D eigenvalue weighted by Crippen LogP contribution is 2.33. The van der Waals surface area contributed by atoms with Gasteiger partial charge in [-0.15, -0.1) is 0 Å². The number of aryl methyl sites for hydroxylation is 2. The van der Waals surface area contributed by atoms with E-state index in [1.165, 1.54) is 11.1 Å². The van der Waals surface area contributed by atoms with Crippen LogP contribution < -0.4 is 5.32 Å². The summed E-state index contributed by atoms with van der Waals surface area (Å²) >= 11 is 0. The minimum atomic E-state index is -0.0578. The fourth-order valence-electron chi connectivity index (χ4n) is 4.33. The Balaban J connectivity index is 1.54. The van der Waals surface area contributed by atoms with E-state index in [0.717, 1.165) is 18.7 Å². The maximum atomic E-state index is 13.5. The van der Waals surface area contributed by atoms with Gasteiger partial charge in [0.1, 0.15) is 6.10 Å². The highest BCUT2D eigenvalue weighted by Gasteiger charge is 2.40. The molecule has 0 aliphatic carbocycles. The van der Waals surface area contributed by atoms with Gasteiger partial charge in [0.2, 0.25) is 5.91 Å². The van der Waals surface area contributed by atoms with Crippen molar-refractivity contribution in [3.05, 3.63) is 53.3 Å². The summed E-state index contributed by atoms with van der Waals surface area (Å²) in [5, 5.41) is 7.69. The van der Waals surface area contributed by atoms with Gasteiger partial charge < -0.3 is 15.0 Å². The van der Waals surface area contributed by atoms with Crippen molar-refractivity contribution >= 4 is 5.91 Å². The smallest absolute Gasteiger partial charge is 0.228 e. The van der Waals surface area contributed by atoms with Crippen LogP contribution in [0.25, 0.3) is 0 Å². The molecule has 2 aromatic rings. The van der Waals surface area contributed by atoms with Crippen LogP contribution in [-0.4, -0.2) is 52.9 Å². The lowest BCUT2D eigenvalue weighted by Gasteiger charge is -2.40. The Morgan fingerprint density at radius 3 is 2.85 bits per heavy atom. The minimum absolute atomic E-state index is 0.0488. The predicted molar refractivity (Wildman–Crippen MR) is 103 cm³/mol. The zero-order chi connectivity index (χ0) is 19.0. The number of carbonyl (C=O) groups is 1. The SMILES string of the molecule is Cc1ccccc1C1CN(C(=O)[C@H]2CNC[C@@H]2c2cnn(C)c2)C(C)CO1. The average Bonchev–Trinajstić information content (AvgIpc) is 3.31. The summed E-state index contributed by atoms with van der Waals surface area (Å²) in [7, 11) is 1.92. The van der Waals surface area contributed by atoms with E-state index in [0.29, 0.717) is 13.2 Å². The van der Waals surface area contributed by atoms with E-state index in [1.807, 2.05) is 36.5 Å². The van der Waals surface area contributed by atoms with Gasteiger partial charge in [0.15, 0.2) is 0 Å². The maximum absolute atomic E-state index is 13.5. The second-order valence-corrected chi connectivity index (χ2v) is 7.84. The molecular formula is C21H28N4O2. The van der Waals surface area contributed by atoms with Crippen molar-refractivity contribution in [3.63, 3.8) is 0 Å². The van der Waals surface area contributed by atoms with E-state index in [4.69, 9.17) is 4.74 Å². The van der Waals surface area contributed by atoms with Gasteiger partial charge in [-0.3, -0.25) is 9.48 Å². The molecule has 3 heterocycles. The van der Waals surface area contributed by atoms with Crippen LogP contribution in [-0.2, 0) is 16.6 Å². The Hall–Kier alpha value is -2.18. The first-order valence-corrected chi connectivity index (χ1v) is 9.71. The number of rotatable bonds is 3. The molecule has 2 fully saturated rings. The van der Waals surface area contributed by atoms with Gasteiger partial charge in [-0.2, -0.15) is 5.10 Å². The van der Waals surface area contributed by atoms with Gasteiger partial charge in [-0.25, -0.2) is 0 Å². The second-order valence-electron chi connectivity index (χ2n) is 7.84. The zero-order valence-corrected chi connectivity index (χ0v) is 16.3. The lowest BCUT2D eigenvalue weighted by molar-refractivity contribution is -0.148. The quantitative estimate of drug-likeness (QED) is 0.901. The number of amides is 1. The average molecular weight is 368 g/mol. The molecule has 4 rings (SSSR count). The molecule has 1 aromatic carbocycles. The third kappa shape index (κ3) is 3.51. The predicted octanol–water partition coefficient (Wildman–Crippen LogP) is 2.02. The first-order chi connectivity index (χ1) is 13.0. The summed E-state index contributed by atoms with van der Waals surface area (Å²) < 4.78 is 7.90. The minimum Gasteiger partial charge on any atom is -0.370 e. The van der Waals surface area contributed by atoms with Crippen LogP contribution in [0, 0.1) is 12.8 Å². The standard InChI is InChI=1S/C21H28N4O2/c1-14-6-4-5-7-17(14)20-12-25(15(2)13-27-20)21(26)19-10-22-9-18(19)16-8-23-24(3)11-16/h4-8,11,15,18-20,22H,9-10,12-13H2,1-3H3/t15?,18-,19+,20?/m1/s1. The van der Waals surface area contributed by atoms with Crippen LogP contribution in [0.5, 0.6) is 0 Å². The molecular weight excluding hydrogens is 340 g/mol. The normalized spacial score (nSPS) is 28.5. The first kappa shape index (κ1) is 18.2. The molecule has 6 nitrogen and oxygen atoms in total. The Morgan fingerprint density at radius 1 is 1.30 bits per heavy atom. The number of ether oxygens (including phenoxy) is 1. The lowest BCUT2D eigenvalue weighted by atomic mass is 9.89. The van der Waals surface area contributed by atoms with Gasteiger partial charge in [-0.1, -0.05) is 24.3 Å². The largest absolute Gasteiger partial charge is 0.370 e. The third-order valence-electron chi connectivity index (χ3n) is 5.94. The highest BCUT2D eigenvalue weighted by atomic mass is 16.5. The topological polar surface area (TPSA) is 59.4 Å². The number of nitrogens with one attached hydrogen (secondary N) is 1. The van der Waals surface area contributed by atoms with Gasteiger partial charge >= 0.3 is 0 Å². The molecule has 144 valence electrons. The lowest BCUT2D eigenvalue weighted by Crippen LogP contribution is -2.51. The molecule has 27 heavy (non-hydrogen) atoms. The molecule has 1 amide bonds. The first-order valence-electron chi connectivity index (χ1n) is 9.71. The van der Waals surface area contributed by atoms with Crippen molar-refractivity contribution in [2.75, 3.05) is 26.2 Å². The second kappa shape index (κ2) is 7.44. The van der Waals surface area contributed by atoms with Crippen LogP contribution in [0.4, 0.5) is 0 Å². The number of hydrogen-bond donors (Lipinski definition) is 1. The summed E-state index contributed by atoms with van der Waals surface area (Å²) in [5.74, 6) is 0.355. The molecule has 1 aromatic heterocycles. The number of hydrogen-bond acceptors (Lipinski definition) is 4.